The van der Waals surface area contributed by atoms with E-state index in [4.69, 9.17) is 4.74 Å². The van der Waals surface area contributed by atoms with Crippen molar-refractivity contribution in [3.63, 3.8) is 0 Å². The molecule has 1 N–H and O–H groups in total. The van der Waals surface area contributed by atoms with Crippen molar-refractivity contribution in [1.82, 2.24) is 15.1 Å². The highest BCUT2D eigenvalue weighted by molar-refractivity contribution is 5.81. The Kier molecular flexibility index (Phi) is 4.51. The van der Waals surface area contributed by atoms with Gasteiger partial charge in [0.05, 0.1) is 19.8 Å². The van der Waals surface area contributed by atoms with Crippen LogP contribution < -0.4 is 5.32 Å². The lowest BCUT2D eigenvalue weighted by atomic mass is 10.2. The molecule has 110 valence electrons. The lowest BCUT2D eigenvalue weighted by Gasteiger charge is -2.35. The smallest absolute Gasteiger partial charge is 0.379 e. The summed E-state index contributed by atoms with van der Waals surface area (Å²) in [5.41, 5.74) is 0. The Morgan fingerprint density at radius 3 is 2.53 bits per heavy atom. The van der Waals surface area contributed by atoms with Gasteiger partial charge in [0.15, 0.2) is 5.96 Å². The van der Waals surface area contributed by atoms with Crippen LogP contribution in [0.25, 0.3) is 0 Å². The minimum atomic E-state index is -4.25. The van der Waals surface area contributed by atoms with Gasteiger partial charge >= 0.3 is 6.18 Å². The Morgan fingerprint density at radius 2 is 2.00 bits per heavy atom. The standard InChI is InChI=1S/C11H19F3N4O/c1-17-3-2-15-10(17)16-8-9(11(12,13)14)18-4-6-19-7-5-18/h9H,2-8H2,1H3,(H,15,16). The maximum absolute atomic E-state index is 13.1. The van der Waals surface area contributed by atoms with E-state index < -0.39 is 12.2 Å². The van der Waals surface area contributed by atoms with Crippen molar-refractivity contribution in [2.45, 2.75) is 12.2 Å². The number of ether oxygens (including phenoxy) is 1. The number of nitrogens with zero attached hydrogens (tertiary/aromatic N) is 3. The van der Waals surface area contributed by atoms with Crippen LogP contribution in [0.15, 0.2) is 4.99 Å². The fourth-order valence-corrected chi connectivity index (χ4v) is 2.25. The molecule has 0 saturated carbocycles. The van der Waals surface area contributed by atoms with Gasteiger partial charge in [0.25, 0.3) is 0 Å². The summed E-state index contributed by atoms with van der Waals surface area (Å²) in [4.78, 5) is 7.39. The van der Waals surface area contributed by atoms with E-state index in [2.05, 4.69) is 10.3 Å². The molecule has 2 aliphatic heterocycles. The van der Waals surface area contributed by atoms with Crippen molar-refractivity contribution >= 4 is 5.96 Å². The van der Waals surface area contributed by atoms with E-state index >= 15 is 0 Å². The molecule has 0 aromatic carbocycles. The van der Waals surface area contributed by atoms with Gasteiger partial charge in [-0.2, -0.15) is 13.2 Å². The molecule has 0 bridgehead atoms. The van der Waals surface area contributed by atoms with Gasteiger partial charge in [-0.25, -0.2) is 0 Å². The summed E-state index contributed by atoms with van der Waals surface area (Å²) in [7, 11) is 1.82. The summed E-state index contributed by atoms with van der Waals surface area (Å²) in [5, 5.41) is 2.81. The van der Waals surface area contributed by atoms with Gasteiger partial charge in [-0.15, -0.1) is 0 Å². The summed E-state index contributed by atoms with van der Waals surface area (Å²) in [5.74, 6) is 0.544. The molecule has 8 heteroatoms. The number of nitrogens with one attached hydrogen (secondary N) is 1. The third-order valence-electron chi connectivity index (χ3n) is 3.38. The van der Waals surface area contributed by atoms with Crippen molar-refractivity contribution < 1.29 is 17.9 Å². The molecule has 0 spiro atoms. The molecular formula is C11H19F3N4O. The summed E-state index contributed by atoms with van der Waals surface area (Å²) >= 11 is 0. The number of aliphatic imine (C=N–C) groups is 1. The molecule has 1 fully saturated rings. The Bertz CT molecular complexity index is 328. The zero-order chi connectivity index (χ0) is 13.9. The maximum Gasteiger partial charge on any atom is 0.405 e. The number of hydrogen-bond acceptors (Lipinski definition) is 5. The molecule has 0 aromatic rings. The third kappa shape index (κ3) is 3.73. The number of likely N-dealkylation sites (N-methyl/N-ethyl adjacent to an activating group) is 1. The van der Waals surface area contributed by atoms with Crippen molar-refractivity contribution in [3.05, 3.63) is 0 Å². The van der Waals surface area contributed by atoms with Crippen molar-refractivity contribution in [2.24, 2.45) is 4.99 Å². The third-order valence-corrected chi connectivity index (χ3v) is 3.38. The lowest BCUT2D eigenvalue weighted by Crippen LogP contribution is -2.56. The van der Waals surface area contributed by atoms with E-state index in [1.54, 1.807) is 0 Å². The Hall–Kier alpha value is -1.02. The zero-order valence-electron chi connectivity index (χ0n) is 10.9. The highest BCUT2D eigenvalue weighted by Crippen LogP contribution is 2.25. The predicted molar refractivity (Wildman–Crippen MR) is 65.2 cm³/mol. The molecule has 0 aliphatic carbocycles. The normalized spacial score (nSPS) is 23.4. The second-order valence-electron chi connectivity index (χ2n) is 4.71. The topological polar surface area (TPSA) is 40.1 Å². The second-order valence-corrected chi connectivity index (χ2v) is 4.71. The van der Waals surface area contributed by atoms with Crippen LogP contribution in [0.5, 0.6) is 0 Å². The molecule has 1 atom stereocenters. The minimum Gasteiger partial charge on any atom is -0.379 e. The Morgan fingerprint density at radius 1 is 1.32 bits per heavy atom. The van der Waals surface area contributed by atoms with Crippen LogP contribution in [0.4, 0.5) is 13.2 Å². The van der Waals surface area contributed by atoms with E-state index in [-0.39, 0.29) is 6.54 Å². The Labute approximate surface area is 110 Å². The number of morpholine rings is 1. The monoisotopic (exact) mass is 280 g/mol. The van der Waals surface area contributed by atoms with Crippen molar-refractivity contribution in [2.75, 3.05) is 53.0 Å². The first kappa shape index (κ1) is 14.4. The summed E-state index contributed by atoms with van der Waals surface area (Å²) in [6.45, 7) is 2.54. The number of alkyl halides is 3. The van der Waals surface area contributed by atoms with Crippen molar-refractivity contribution in [3.8, 4) is 0 Å². The van der Waals surface area contributed by atoms with Crippen LogP contribution in [0, 0.1) is 0 Å². The first-order valence-electron chi connectivity index (χ1n) is 6.36. The SMILES string of the molecule is CN1CCN=C1NCC(N1CCOCC1)C(F)(F)F. The largest absolute Gasteiger partial charge is 0.405 e. The van der Waals surface area contributed by atoms with E-state index in [0.717, 1.165) is 6.54 Å². The second kappa shape index (κ2) is 5.96. The fourth-order valence-electron chi connectivity index (χ4n) is 2.25. The molecule has 1 saturated heterocycles. The highest BCUT2D eigenvalue weighted by atomic mass is 19.4. The van der Waals surface area contributed by atoms with Crippen LogP contribution >= 0.6 is 0 Å². The zero-order valence-corrected chi connectivity index (χ0v) is 10.9. The number of rotatable bonds is 3. The van der Waals surface area contributed by atoms with Gasteiger partial charge in [0.2, 0.25) is 0 Å². The molecule has 2 aliphatic rings. The average molecular weight is 280 g/mol. The predicted octanol–water partition coefficient (Wildman–Crippen LogP) is 0.141. The van der Waals surface area contributed by atoms with Gasteiger partial charge in [-0.1, -0.05) is 0 Å². The van der Waals surface area contributed by atoms with E-state index in [9.17, 15) is 13.2 Å². The molecule has 1 unspecified atom stereocenters. The molecule has 2 rings (SSSR count). The Balaban J connectivity index is 1.94. The molecule has 19 heavy (non-hydrogen) atoms. The molecule has 0 radical (unpaired) electrons. The van der Waals surface area contributed by atoms with E-state index in [0.29, 0.717) is 38.8 Å². The summed E-state index contributed by atoms with van der Waals surface area (Å²) in [6.07, 6.45) is -4.25. The maximum atomic E-state index is 13.1. The quantitative estimate of drug-likeness (QED) is 0.798. The van der Waals surface area contributed by atoms with Crippen LogP contribution in [-0.2, 0) is 4.74 Å². The van der Waals surface area contributed by atoms with Crippen LogP contribution in [0.1, 0.15) is 0 Å². The number of guanidine groups is 1. The number of hydrogen-bond donors (Lipinski definition) is 1. The first-order valence-corrected chi connectivity index (χ1v) is 6.36. The molecule has 0 amide bonds. The highest BCUT2D eigenvalue weighted by Gasteiger charge is 2.44. The fraction of sp³-hybridized carbons (Fsp3) is 0.909. The molecule has 5 nitrogen and oxygen atoms in total. The summed E-state index contributed by atoms with van der Waals surface area (Å²) in [6, 6.07) is -1.49. The van der Waals surface area contributed by atoms with Crippen LogP contribution in [-0.4, -0.2) is 81.0 Å². The van der Waals surface area contributed by atoms with Crippen LogP contribution in [0.3, 0.4) is 0 Å². The summed E-state index contributed by atoms with van der Waals surface area (Å²) < 4.78 is 44.4. The average Bonchev–Trinajstić information content (AvgIpc) is 2.75. The molecular weight excluding hydrogens is 261 g/mol. The van der Waals surface area contributed by atoms with Gasteiger partial charge in [0.1, 0.15) is 6.04 Å². The molecule has 0 aromatic heterocycles. The number of halogens is 3. The van der Waals surface area contributed by atoms with Gasteiger partial charge in [0, 0.05) is 33.2 Å². The van der Waals surface area contributed by atoms with Crippen LogP contribution in [0.2, 0.25) is 0 Å². The van der Waals surface area contributed by atoms with Gasteiger partial charge < -0.3 is 15.0 Å². The van der Waals surface area contributed by atoms with E-state index in [1.807, 2.05) is 11.9 Å². The molecule has 2 heterocycles. The van der Waals surface area contributed by atoms with Crippen molar-refractivity contribution in [1.29, 1.82) is 0 Å². The first-order chi connectivity index (χ1) is 8.98. The van der Waals surface area contributed by atoms with Gasteiger partial charge in [-0.3, -0.25) is 9.89 Å². The van der Waals surface area contributed by atoms with Gasteiger partial charge in [-0.05, 0) is 0 Å². The minimum absolute atomic E-state index is 0.174. The van der Waals surface area contributed by atoms with E-state index in [1.165, 1.54) is 4.90 Å². The lowest BCUT2D eigenvalue weighted by molar-refractivity contribution is -0.189.